The van der Waals surface area contributed by atoms with Crippen molar-refractivity contribution in [2.24, 2.45) is 0 Å². The molecule has 0 saturated heterocycles. The third-order valence-electron chi connectivity index (χ3n) is 4.02. The Morgan fingerprint density at radius 2 is 1.69 bits per heavy atom. The molecule has 0 aliphatic carbocycles. The first kappa shape index (κ1) is 20.4. The number of nitrogens with zero attached hydrogens (tertiary/aromatic N) is 1. The van der Waals surface area contributed by atoms with Gasteiger partial charge in [0.2, 0.25) is 15.9 Å². The van der Waals surface area contributed by atoms with Gasteiger partial charge in [0.05, 0.1) is 11.4 Å². The standard InChI is InChI=1S/C19H23ClN2O3S/c1-4-22(5-2)26(24,25)18-13-16(10-11-17(18)20)21-19(23)12-15-8-6-14(3)7-9-15/h6-11,13H,4-5,12H2,1-3H3,(H,21,23). The summed E-state index contributed by atoms with van der Waals surface area (Å²) in [5.74, 6) is -0.220. The number of hydrogen-bond donors (Lipinski definition) is 1. The minimum atomic E-state index is -3.70. The van der Waals surface area contributed by atoms with Crippen LogP contribution in [0.2, 0.25) is 5.02 Å². The minimum absolute atomic E-state index is 0.00370. The van der Waals surface area contributed by atoms with Crippen molar-refractivity contribution in [2.75, 3.05) is 18.4 Å². The maximum atomic E-state index is 12.7. The third kappa shape index (κ3) is 4.84. The van der Waals surface area contributed by atoms with Crippen molar-refractivity contribution in [1.29, 1.82) is 0 Å². The fourth-order valence-electron chi connectivity index (χ4n) is 2.58. The normalized spacial score (nSPS) is 11.6. The number of aryl methyl sites for hydroxylation is 1. The summed E-state index contributed by atoms with van der Waals surface area (Å²) >= 11 is 6.10. The molecule has 2 aromatic carbocycles. The monoisotopic (exact) mass is 394 g/mol. The van der Waals surface area contributed by atoms with Crippen LogP contribution in [0, 0.1) is 6.92 Å². The zero-order chi connectivity index (χ0) is 19.3. The molecule has 2 rings (SSSR count). The molecule has 0 aliphatic heterocycles. The van der Waals surface area contributed by atoms with Gasteiger partial charge in [0, 0.05) is 18.8 Å². The van der Waals surface area contributed by atoms with Crippen molar-refractivity contribution < 1.29 is 13.2 Å². The van der Waals surface area contributed by atoms with Crippen molar-refractivity contribution in [3.63, 3.8) is 0 Å². The largest absolute Gasteiger partial charge is 0.326 e. The highest BCUT2D eigenvalue weighted by Crippen LogP contribution is 2.27. The summed E-state index contributed by atoms with van der Waals surface area (Å²) < 4.78 is 26.7. The number of rotatable bonds is 7. The molecular formula is C19H23ClN2O3S. The van der Waals surface area contributed by atoms with Crippen molar-refractivity contribution in [3.8, 4) is 0 Å². The van der Waals surface area contributed by atoms with Gasteiger partial charge in [0.1, 0.15) is 4.90 Å². The van der Waals surface area contributed by atoms with Gasteiger partial charge in [0.15, 0.2) is 0 Å². The van der Waals surface area contributed by atoms with Gasteiger partial charge in [-0.25, -0.2) is 8.42 Å². The molecule has 1 N–H and O–H groups in total. The van der Waals surface area contributed by atoms with Gasteiger partial charge in [-0.1, -0.05) is 55.3 Å². The zero-order valence-corrected chi connectivity index (χ0v) is 16.7. The second kappa shape index (κ2) is 8.66. The van der Waals surface area contributed by atoms with E-state index in [4.69, 9.17) is 11.6 Å². The smallest absolute Gasteiger partial charge is 0.244 e. The first-order valence-electron chi connectivity index (χ1n) is 8.43. The molecule has 0 aliphatic rings. The molecule has 0 radical (unpaired) electrons. The fourth-order valence-corrected chi connectivity index (χ4v) is 4.54. The number of anilines is 1. The molecule has 0 aromatic heterocycles. The molecule has 1 amide bonds. The van der Waals surface area contributed by atoms with E-state index in [0.717, 1.165) is 11.1 Å². The number of benzene rings is 2. The van der Waals surface area contributed by atoms with Gasteiger partial charge in [-0.3, -0.25) is 4.79 Å². The van der Waals surface area contributed by atoms with Crippen LogP contribution in [0.1, 0.15) is 25.0 Å². The number of hydrogen-bond acceptors (Lipinski definition) is 3. The molecule has 2 aromatic rings. The van der Waals surface area contributed by atoms with Crippen molar-refractivity contribution in [1.82, 2.24) is 4.31 Å². The van der Waals surface area contributed by atoms with Gasteiger partial charge in [-0.2, -0.15) is 4.31 Å². The van der Waals surface area contributed by atoms with Crippen LogP contribution in [0.15, 0.2) is 47.4 Å². The maximum Gasteiger partial charge on any atom is 0.244 e. The van der Waals surface area contributed by atoms with E-state index in [1.165, 1.54) is 16.4 Å². The van der Waals surface area contributed by atoms with E-state index in [2.05, 4.69) is 5.32 Å². The highest BCUT2D eigenvalue weighted by atomic mass is 35.5. The molecule has 7 heteroatoms. The number of halogens is 1. The predicted octanol–water partition coefficient (Wildman–Crippen LogP) is 3.86. The van der Waals surface area contributed by atoms with Crippen molar-refractivity contribution in [2.45, 2.75) is 32.1 Å². The SMILES string of the molecule is CCN(CC)S(=O)(=O)c1cc(NC(=O)Cc2ccc(C)cc2)ccc1Cl. The van der Waals surface area contributed by atoms with Crippen LogP contribution in [-0.2, 0) is 21.2 Å². The third-order valence-corrected chi connectivity index (χ3v) is 6.55. The first-order valence-corrected chi connectivity index (χ1v) is 10.2. The number of carbonyl (C=O) groups excluding carboxylic acids is 1. The lowest BCUT2D eigenvalue weighted by Crippen LogP contribution is -2.30. The van der Waals surface area contributed by atoms with Gasteiger partial charge in [-0.05, 0) is 30.7 Å². The Balaban J connectivity index is 2.21. The van der Waals surface area contributed by atoms with E-state index < -0.39 is 10.0 Å². The van der Waals surface area contributed by atoms with Gasteiger partial charge < -0.3 is 5.32 Å². The van der Waals surface area contributed by atoms with E-state index in [9.17, 15) is 13.2 Å². The topological polar surface area (TPSA) is 66.5 Å². The fraction of sp³-hybridized carbons (Fsp3) is 0.316. The summed E-state index contributed by atoms with van der Waals surface area (Å²) in [6.45, 7) is 6.21. The molecule has 5 nitrogen and oxygen atoms in total. The molecular weight excluding hydrogens is 372 g/mol. The molecule has 0 saturated carbocycles. The first-order chi connectivity index (χ1) is 12.3. The lowest BCUT2D eigenvalue weighted by molar-refractivity contribution is -0.115. The van der Waals surface area contributed by atoms with Crippen LogP contribution in [0.25, 0.3) is 0 Å². The quantitative estimate of drug-likeness (QED) is 0.775. The van der Waals surface area contributed by atoms with Gasteiger partial charge in [0.25, 0.3) is 0 Å². The summed E-state index contributed by atoms with van der Waals surface area (Å²) in [6.07, 6.45) is 0.209. The van der Waals surface area contributed by atoms with E-state index in [1.807, 2.05) is 31.2 Å². The van der Waals surface area contributed by atoms with Crippen LogP contribution in [0.5, 0.6) is 0 Å². The molecule has 0 spiro atoms. The molecule has 140 valence electrons. The van der Waals surface area contributed by atoms with Gasteiger partial charge >= 0.3 is 0 Å². The Morgan fingerprint density at radius 1 is 1.08 bits per heavy atom. The van der Waals surface area contributed by atoms with Gasteiger partial charge in [-0.15, -0.1) is 0 Å². The molecule has 0 atom stereocenters. The van der Waals surface area contributed by atoms with Crippen LogP contribution in [0.4, 0.5) is 5.69 Å². The molecule has 0 heterocycles. The van der Waals surface area contributed by atoms with Crippen molar-refractivity contribution >= 4 is 33.2 Å². The highest BCUT2D eigenvalue weighted by molar-refractivity contribution is 7.89. The van der Waals surface area contributed by atoms with E-state index in [-0.39, 0.29) is 22.2 Å². The lowest BCUT2D eigenvalue weighted by Gasteiger charge is -2.19. The number of sulfonamides is 1. The summed E-state index contributed by atoms with van der Waals surface area (Å²) in [7, 11) is -3.70. The van der Waals surface area contributed by atoms with Crippen molar-refractivity contribution in [3.05, 3.63) is 58.6 Å². The minimum Gasteiger partial charge on any atom is -0.326 e. The molecule has 0 bridgehead atoms. The molecule has 0 fully saturated rings. The zero-order valence-electron chi connectivity index (χ0n) is 15.1. The summed E-state index contributed by atoms with van der Waals surface area (Å²) in [4.78, 5) is 12.3. The average molecular weight is 395 g/mol. The number of amides is 1. The van der Waals surface area contributed by atoms with Crippen LogP contribution in [-0.4, -0.2) is 31.7 Å². The van der Waals surface area contributed by atoms with Crippen LogP contribution >= 0.6 is 11.6 Å². The summed E-state index contributed by atoms with van der Waals surface area (Å²) in [5.41, 5.74) is 2.41. The Bertz CT molecular complexity index is 876. The van der Waals surface area contributed by atoms with Crippen LogP contribution < -0.4 is 5.32 Å². The van der Waals surface area contributed by atoms with E-state index in [1.54, 1.807) is 19.9 Å². The highest BCUT2D eigenvalue weighted by Gasteiger charge is 2.24. The Hall–Kier alpha value is -1.89. The molecule has 0 unspecified atom stereocenters. The lowest BCUT2D eigenvalue weighted by atomic mass is 10.1. The number of carbonyl (C=O) groups is 1. The number of nitrogens with one attached hydrogen (secondary N) is 1. The summed E-state index contributed by atoms with van der Waals surface area (Å²) in [5, 5.41) is 2.87. The van der Waals surface area contributed by atoms with Crippen LogP contribution in [0.3, 0.4) is 0 Å². The summed E-state index contributed by atoms with van der Waals surface area (Å²) in [6, 6.07) is 12.2. The maximum absolute atomic E-state index is 12.7. The van der Waals surface area contributed by atoms with E-state index >= 15 is 0 Å². The Kier molecular flexibility index (Phi) is 6.81. The van der Waals surface area contributed by atoms with E-state index in [0.29, 0.717) is 18.8 Å². The Morgan fingerprint density at radius 3 is 2.27 bits per heavy atom. The second-order valence-electron chi connectivity index (χ2n) is 5.95. The Labute approximate surface area is 160 Å². The molecule has 26 heavy (non-hydrogen) atoms. The second-order valence-corrected chi connectivity index (χ2v) is 8.26. The predicted molar refractivity (Wildman–Crippen MR) is 105 cm³/mol. The average Bonchev–Trinajstić information content (AvgIpc) is 2.59.